The molecule has 154 valence electrons. The van der Waals surface area contributed by atoms with Gasteiger partial charge in [0.15, 0.2) is 5.78 Å². The average molecular weight is 410 g/mol. The summed E-state index contributed by atoms with van der Waals surface area (Å²) in [6.45, 7) is 2.53. The number of piperidine rings is 1. The van der Waals surface area contributed by atoms with Gasteiger partial charge in [0.2, 0.25) is 10.0 Å². The van der Waals surface area contributed by atoms with E-state index in [1.54, 1.807) is 0 Å². The van der Waals surface area contributed by atoms with E-state index < -0.39 is 22.0 Å². The number of carbonyl (C=O) groups excluding carboxylic acids is 2. The lowest BCUT2D eigenvalue weighted by Crippen LogP contribution is -2.49. The van der Waals surface area contributed by atoms with Crippen LogP contribution < -0.4 is 0 Å². The van der Waals surface area contributed by atoms with E-state index in [2.05, 4.69) is 0 Å². The first kappa shape index (κ1) is 21.0. The van der Waals surface area contributed by atoms with Crippen LogP contribution >= 0.6 is 0 Å². The minimum Gasteiger partial charge on any atom is -0.462 e. The molecule has 3 rings (SSSR count). The van der Waals surface area contributed by atoms with Crippen LogP contribution in [0.15, 0.2) is 29.2 Å². The van der Waals surface area contributed by atoms with E-state index in [0.29, 0.717) is 25.0 Å². The van der Waals surface area contributed by atoms with Crippen LogP contribution in [-0.4, -0.2) is 56.4 Å². The Morgan fingerprint density at radius 1 is 1.11 bits per heavy atom. The summed E-state index contributed by atoms with van der Waals surface area (Å²) in [5, 5.41) is 0. The Morgan fingerprint density at radius 2 is 1.82 bits per heavy atom. The fourth-order valence-electron chi connectivity index (χ4n) is 3.64. The third-order valence-corrected chi connectivity index (χ3v) is 7.20. The average Bonchev–Trinajstić information content (AvgIpc) is 2.72. The van der Waals surface area contributed by atoms with Gasteiger partial charge in [0.1, 0.15) is 12.6 Å². The van der Waals surface area contributed by atoms with Crippen LogP contribution in [0.5, 0.6) is 0 Å². The molecule has 1 aromatic rings. The summed E-state index contributed by atoms with van der Waals surface area (Å²) in [5.74, 6) is -0.647. The molecule has 8 heteroatoms. The van der Waals surface area contributed by atoms with Crippen molar-refractivity contribution in [2.45, 2.75) is 62.5 Å². The summed E-state index contributed by atoms with van der Waals surface area (Å²) in [4.78, 5) is 24.1. The van der Waals surface area contributed by atoms with Gasteiger partial charge >= 0.3 is 5.97 Å². The number of esters is 1. The lowest BCUT2D eigenvalue weighted by Gasteiger charge is -2.33. The minimum atomic E-state index is -3.85. The van der Waals surface area contributed by atoms with Gasteiger partial charge in [0.05, 0.1) is 11.0 Å². The first-order chi connectivity index (χ1) is 13.4. The smallest absolute Gasteiger partial charge is 0.324 e. The van der Waals surface area contributed by atoms with Crippen LogP contribution in [0.4, 0.5) is 0 Å². The van der Waals surface area contributed by atoms with Crippen molar-refractivity contribution in [2.75, 3.05) is 19.8 Å². The number of ether oxygens (including phenoxy) is 2. The molecule has 7 nitrogen and oxygen atoms in total. The Morgan fingerprint density at radius 3 is 2.46 bits per heavy atom. The Kier molecular flexibility index (Phi) is 6.85. The first-order valence-corrected chi connectivity index (χ1v) is 11.2. The number of nitrogens with zero attached hydrogens (tertiary/aromatic N) is 1. The van der Waals surface area contributed by atoms with Crippen molar-refractivity contribution in [3.63, 3.8) is 0 Å². The molecule has 2 heterocycles. The van der Waals surface area contributed by atoms with Crippen molar-refractivity contribution in [2.24, 2.45) is 0 Å². The largest absolute Gasteiger partial charge is 0.462 e. The van der Waals surface area contributed by atoms with E-state index in [1.165, 1.54) is 35.5 Å². The van der Waals surface area contributed by atoms with Gasteiger partial charge in [0.25, 0.3) is 0 Å². The molecule has 2 atom stereocenters. The van der Waals surface area contributed by atoms with Crippen molar-refractivity contribution in [1.82, 2.24) is 4.31 Å². The maximum absolute atomic E-state index is 13.1. The molecule has 2 unspecified atom stereocenters. The summed E-state index contributed by atoms with van der Waals surface area (Å²) < 4.78 is 38.4. The predicted octanol–water partition coefficient (Wildman–Crippen LogP) is 2.54. The second kappa shape index (κ2) is 9.15. The molecule has 0 aromatic heterocycles. The summed E-state index contributed by atoms with van der Waals surface area (Å²) >= 11 is 0. The van der Waals surface area contributed by atoms with Crippen LogP contribution in [0.2, 0.25) is 0 Å². The number of hydrogen-bond acceptors (Lipinski definition) is 6. The van der Waals surface area contributed by atoms with Crippen LogP contribution in [0.1, 0.15) is 55.8 Å². The molecular weight excluding hydrogens is 382 g/mol. The fourth-order valence-corrected chi connectivity index (χ4v) is 5.28. The highest BCUT2D eigenvalue weighted by atomic mass is 32.2. The van der Waals surface area contributed by atoms with Gasteiger partial charge in [-0.1, -0.05) is 12.1 Å². The maximum atomic E-state index is 13.1. The molecule has 0 bridgehead atoms. The van der Waals surface area contributed by atoms with Crippen LogP contribution in [0.25, 0.3) is 0 Å². The topological polar surface area (TPSA) is 90.0 Å². The maximum Gasteiger partial charge on any atom is 0.324 e. The summed E-state index contributed by atoms with van der Waals surface area (Å²) in [5.41, 5.74) is 0.445. The van der Waals surface area contributed by atoms with E-state index in [4.69, 9.17) is 9.47 Å². The lowest BCUT2D eigenvalue weighted by atomic mass is 10.1. The molecule has 2 saturated heterocycles. The molecule has 2 aliphatic rings. The number of rotatable bonds is 6. The molecule has 28 heavy (non-hydrogen) atoms. The van der Waals surface area contributed by atoms with E-state index in [1.807, 2.05) is 0 Å². The number of hydrogen-bond donors (Lipinski definition) is 0. The Bertz CT molecular complexity index is 798. The third kappa shape index (κ3) is 4.79. The second-order valence-corrected chi connectivity index (χ2v) is 9.22. The summed E-state index contributed by atoms with van der Waals surface area (Å²) in [6, 6.07) is 4.99. The lowest BCUT2D eigenvalue weighted by molar-refractivity contribution is -0.154. The monoisotopic (exact) mass is 409 g/mol. The molecule has 1 aromatic carbocycles. The second-order valence-electron chi connectivity index (χ2n) is 7.33. The molecule has 0 radical (unpaired) electrons. The molecule has 0 amide bonds. The molecule has 0 spiro atoms. The molecule has 2 fully saturated rings. The van der Waals surface area contributed by atoms with Gasteiger partial charge in [-0.3, -0.25) is 9.59 Å². The molecular formula is C20H27NO6S. The molecule has 2 aliphatic heterocycles. The predicted molar refractivity (Wildman–Crippen MR) is 103 cm³/mol. The normalized spacial score (nSPS) is 23.9. The number of benzene rings is 1. The Hall–Kier alpha value is -1.77. The zero-order valence-corrected chi connectivity index (χ0v) is 16.9. The van der Waals surface area contributed by atoms with Crippen molar-refractivity contribution in [3.05, 3.63) is 29.8 Å². The van der Waals surface area contributed by atoms with E-state index in [9.17, 15) is 18.0 Å². The van der Waals surface area contributed by atoms with Crippen LogP contribution in [0, 0.1) is 0 Å². The highest BCUT2D eigenvalue weighted by molar-refractivity contribution is 7.89. The van der Waals surface area contributed by atoms with Gasteiger partial charge in [-0.25, -0.2) is 8.42 Å². The van der Waals surface area contributed by atoms with Gasteiger partial charge in [-0.2, -0.15) is 4.31 Å². The quantitative estimate of drug-likeness (QED) is 0.530. The van der Waals surface area contributed by atoms with E-state index in [-0.39, 0.29) is 29.9 Å². The summed E-state index contributed by atoms with van der Waals surface area (Å²) in [6.07, 6.45) is 4.71. The van der Waals surface area contributed by atoms with Crippen molar-refractivity contribution in [3.8, 4) is 0 Å². The first-order valence-electron chi connectivity index (χ1n) is 9.80. The van der Waals surface area contributed by atoms with Gasteiger partial charge < -0.3 is 9.47 Å². The van der Waals surface area contributed by atoms with Gasteiger partial charge in [0, 0.05) is 18.7 Å². The van der Waals surface area contributed by atoms with Crippen LogP contribution in [-0.2, 0) is 24.3 Å². The fraction of sp³-hybridized carbons (Fsp3) is 0.600. The standard InChI is InChI=1S/C20H27NO6S/c1-15(22)16-8-10-18(11-9-16)28(24,25)21-12-4-2-7-19(21)20(23)27-14-17-6-3-5-13-26-17/h8-11,17,19H,2-7,12-14H2,1H3. The third-order valence-electron chi connectivity index (χ3n) is 5.28. The van der Waals surface area contributed by atoms with Gasteiger partial charge in [-0.15, -0.1) is 0 Å². The molecule has 0 saturated carbocycles. The van der Waals surface area contributed by atoms with Gasteiger partial charge in [-0.05, 0) is 57.6 Å². The highest BCUT2D eigenvalue weighted by Gasteiger charge is 2.38. The molecule has 0 N–H and O–H groups in total. The minimum absolute atomic E-state index is 0.0767. The number of ketones is 1. The van der Waals surface area contributed by atoms with Crippen molar-refractivity contribution < 1.29 is 27.5 Å². The van der Waals surface area contributed by atoms with Crippen LogP contribution in [0.3, 0.4) is 0 Å². The van der Waals surface area contributed by atoms with E-state index in [0.717, 1.165) is 25.7 Å². The number of sulfonamides is 1. The van der Waals surface area contributed by atoms with Crippen molar-refractivity contribution in [1.29, 1.82) is 0 Å². The Balaban J connectivity index is 1.72. The zero-order valence-electron chi connectivity index (χ0n) is 16.1. The Labute approximate surface area is 166 Å². The summed E-state index contributed by atoms with van der Waals surface area (Å²) in [7, 11) is -3.85. The van der Waals surface area contributed by atoms with Crippen molar-refractivity contribution >= 4 is 21.8 Å². The zero-order chi connectivity index (χ0) is 20.1. The number of Topliss-reactive ketones (excluding diaryl/α,β-unsaturated/α-hetero) is 1. The number of carbonyl (C=O) groups is 2. The van der Waals surface area contributed by atoms with E-state index >= 15 is 0 Å². The molecule has 0 aliphatic carbocycles. The highest BCUT2D eigenvalue weighted by Crippen LogP contribution is 2.27. The SMILES string of the molecule is CC(=O)c1ccc(S(=O)(=O)N2CCCCC2C(=O)OCC2CCCCO2)cc1.